The van der Waals surface area contributed by atoms with Crippen molar-refractivity contribution in [3.05, 3.63) is 28.2 Å². The first-order valence-electron chi connectivity index (χ1n) is 6.74. The van der Waals surface area contributed by atoms with Crippen molar-refractivity contribution in [2.75, 3.05) is 20.2 Å². The summed E-state index contributed by atoms with van der Waals surface area (Å²) in [6.45, 7) is 6.10. The van der Waals surface area contributed by atoms with Crippen molar-refractivity contribution in [1.29, 1.82) is 0 Å². The summed E-state index contributed by atoms with van der Waals surface area (Å²) in [6, 6.07) is 6.11. The van der Waals surface area contributed by atoms with Crippen LogP contribution in [0, 0.1) is 0 Å². The summed E-state index contributed by atoms with van der Waals surface area (Å²) in [4.78, 5) is 0. The molecule has 0 amide bonds. The van der Waals surface area contributed by atoms with Crippen molar-refractivity contribution in [1.82, 2.24) is 5.32 Å². The van der Waals surface area contributed by atoms with Gasteiger partial charge in [-0.2, -0.15) is 0 Å². The molecule has 0 aliphatic heterocycles. The van der Waals surface area contributed by atoms with Crippen LogP contribution in [0.3, 0.4) is 0 Å². The molecule has 0 fully saturated rings. The molecule has 1 aromatic rings. The summed E-state index contributed by atoms with van der Waals surface area (Å²) in [5, 5.41) is 3.45. The number of ether oxygens (including phenoxy) is 1. The molecule has 3 nitrogen and oxygen atoms in total. The topological polar surface area (TPSA) is 47.3 Å². The minimum atomic E-state index is -0.0603. The van der Waals surface area contributed by atoms with Crippen LogP contribution in [-0.2, 0) is 6.42 Å². The van der Waals surface area contributed by atoms with Gasteiger partial charge in [-0.15, -0.1) is 0 Å². The van der Waals surface area contributed by atoms with Gasteiger partial charge in [0, 0.05) is 10.0 Å². The molecule has 0 radical (unpaired) electrons. The van der Waals surface area contributed by atoms with Crippen molar-refractivity contribution >= 4 is 15.9 Å². The second-order valence-electron chi connectivity index (χ2n) is 5.55. The standard InChI is InChI=1S/C15H25BrN2O/c1-15(2,17)8-4-9-18-10-7-12-11-13(16)5-6-14(12)19-3/h5-6,11,18H,4,7-10,17H2,1-3H3. The zero-order chi connectivity index (χ0) is 14.3. The van der Waals surface area contributed by atoms with Gasteiger partial charge in [0.15, 0.2) is 0 Å². The fourth-order valence-corrected chi connectivity index (χ4v) is 2.37. The van der Waals surface area contributed by atoms with Gasteiger partial charge in [0.25, 0.3) is 0 Å². The fourth-order valence-electron chi connectivity index (χ4n) is 1.96. The number of hydrogen-bond donors (Lipinski definition) is 2. The number of nitrogens with two attached hydrogens (primary N) is 1. The van der Waals surface area contributed by atoms with Gasteiger partial charge in [0.1, 0.15) is 5.75 Å². The van der Waals surface area contributed by atoms with Crippen LogP contribution in [0.25, 0.3) is 0 Å². The summed E-state index contributed by atoms with van der Waals surface area (Å²) >= 11 is 3.49. The normalized spacial score (nSPS) is 11.6. The zero-order valence-corrected chi connectivity index (χ0v) is 13.7. The van der Waals surface area contributed by atoms with E-state index in [9.17, 15) is 0 Å². The van der Waals surface area contributed by atoms with Crippen LogP contribution in [0.15, 0.2) is 22.7 Å². The van der Waals surface area contributed by atoms with Gasteiger partial charge in [0.05, 0.1) is 7.11 Å². The maximum atomic E-state index is 5.95. The number of hydrogen-bond acceptors (Lipinski definition) is 3. The van der Waals surface area contributed by atoms with Gasteiger partial charge in [-0.3, -0.25) is 0 Å². The molecule has 3 N–H and O–H groups in total. The Hall–Kier alpha value is -0.580. The molecule has 0 aliphatic carbocycles. The Kier molecular flexibility index (Phi) is 6.83. The van der Waals surface area contributed by atoms with E-state index < -0.39 is 0 Å². The van der Waals surface area contributed by atoms with Crippen LogP contribution in [0.5, 0.6) is 5.75 Å². The van der Waals surface area contributed by atoms with Gasteiger partial charge in [-0.25, -0.2) is 0 Å². The van der Waals surface area contributed by atoms with Gasteiger partial charge >= 0.3 is 0 Å². The summed E-state index contributed by atoms with van der Waals surface area (Å²) < 4.78 is 6.45. The van der Waals surface area contributed by atoms with Crippen LogP contribution in [0.2, 0.25) is 0 Å². The first-order valence-corrected chi connectivity index (χ1v) is 7.54. The Morgan fingerprint density at radius 2 is 2.05 bits per heavy atom. The van der Waals surface area contributed by atoms with E-state index in [4.69, 9.17) is 10.5 Å². The maximum Gasteiger partial charge on any atom is 0.122 e. The van der Waals surface area contributed by atoms with E-state index in [1.165, 1.54) is 5.56 Å². The molecule has 19 heavy (non-hydrogen) atoms. The number of rotatable bonds is 8. The molecule has 1 aromatic carbocycles. The van der Waals surface area contributed by atoms with Crippen molar-refractivity contribution < 1.29 is 4.74 Å². The SMILES string of the molecule is COc1ccc(Br)cc1CCNCCCC(C)(C)N. The average Bonchev–Trinajstić information content (AvgIpc) is 2.32. The molecule has 1 rings (SSSR count). The first-order chi connectivity index (χ1) is 8.92. The monoisotopic (exact) mass is 328 g/mol. The summed E-state index contributed by atoms with van der Waals surface area (Å²) in [6.07, 6.45) is 3.12. The Labute approximate surface area is 125 Å². The predicted octanol–water partition coefficient (Wildman–Crippen LogP) is 3.11. The van der Waals surface area contributed by atoms with Gasteiger partial charge in [-0.05, 0) is 70.0 Å². The predicted molar refractivity (Wildman–Crippen MR) is 84.8 cm³/mol. The lowest BCUT2D eigenvalue weighted by molar-refractivity contribution is 0.408. The maximum absolute atomic E-state index is 5.95. The average molecular weight is 329 g/mol. The third-order valence-electron chi connectivity index (χ3n) is 2.99. The van der Waals surface area contributed by atoms with Gasteiger partial charge in [0.2, 0.25) is 0 Å². The van der Waals surface area contributed by atoms with Crippen molar-refractivity contribution in [3.8, 4) is 5.75 Å². The van der Waals surface area contributed by atoms with Crippen LogP contribution in [-0.4, -0.2) is 25.7 Å². The van der Waals surface area contributed by atoms with Crippen LogP contribution in [0.4, 0.5) is 0 Å². The van der Waals surface area contributed by atoms with E-state index in [2.05, 4.69) is 41.2 Å². The molecule has 0 aliphatic rings. The van der Waals surface area contributed by atoms with E-state index in [0.29, 0.717) is 0 Å². The molecule has 0 heterocycles. The number of benzene rings is 1. The van der Waals surface area contributed by atoms with Gasteiger partial charge in [-0.1, -0.05) is 15.9 Å². The number of halogens is 1. The largest absolute Gasteiger partial charge is 0.496 e. The molecule has 0 bridgehead atoms. The van der Waals surface area contributed by atoms with E-state index >= 15 is 0 Å². The van der Waals surface area contributed by atoms with E-state index in [0.717, 1.165) is 42.6 Å². The highest BCUT2D eigenvalue weighted by Crippen LogP contribution is 2.23. The van der Waals surface area contributed by atoms with Crippen LogP contribution >= 0.6 is 15.9 Å². The molecule has 0 saturated heterocycles. The minimum absolute atomic E-state index is 0.0603. The van der Waals surface area contributed by atoms with Crippen LogP contribution in [0.1, 0.15) is 32.3 Å². The second kappa shape index (κ2) is 7.88. The molecule has 0 aromatic heterocycles. The first kappa shape index (κ1) is 16.5. The summed E-state index contributed by atoms with van der Waals surface area (Å²) in [7, 11) is 1.71. The quantitative estimate of drug-likeness (QED) is 0.721. The third-order valence-corrected chi connectivity index (χ3v) is 3.48. The van der Waals surface area contributed by atoms with E-state index in [1.54, 1.807) is 7.11 Å². The Bertz CT molecular complexity index is 388. The Morgan fingerprint density at radius 1 is 1.32 bits per heavy atom. The lowest BCUT2D eigenvalue weighted by Gasteiger charge is -2.18. The lowest BCUT2D eigenvalue weighted by Crippen LogP contribution is -2.33. The molecular weight excluding hydrogens is 304 g/mol. The second-order valence-corrected chi connectivity index (χ2v) is 6.46. The Balaban J connectivity index is 2.28. The molecule has 108 valence electrons. The molecule has 0 spiro atoms. The third kappa shape index (κ3) is 6.95. The Morgan fingerprint density at radius 3 is 2.68 bits per heavy atom. The van der Waals surface area contributed by atoms with E-state index in [1.807, 2.05) is 12.1 Å². The summed E-state index contributed by atoms with van der Waals surface area (Å²) in [5.74, 6) is 0.952. The molecule has 4 heteroatoms. The fraction of sp³-hybridized carbons (Fsp3) is 0.600. The highest BCUT2D eigenvalue weighted by molar-refractivity contribution is 9.10. The van der Waals surface area contributed by atoms with Crippen molar-refractivity contribution in [3.63, 3.8) is 0 Å². The molecule has 0 saturated carbocycles. The van der Waals surface area contributed by atoms with Crippen molar-refractivity contribution in [2.45, 2.75) is 38.6 Å². The molecule has 0 atom stereocenters. The highest BCUT2D eigenvalue weighted by atomic mass is 79.9. The van der Waals surface area contributed by atoms with Crippen molar-refractivity contribution in [2.24, 2.45) is 5.73 Å². The van der Waals surface area contributed by atoms with E-state index in [-0.39, 0.29) is 5.54 Å². The lowest BCUT2D eigenvalue weighted by atomic mass is 10.0. The van der Waals surface area contributed by atoms with Crippen LogP contribution < -0.4 is 15.8 Å². The highest BCUT2D eigenvalue weighted by Gasteiger charge is 2.09. The zero-order valence-electron chi connectivity index (χ0n) is 12.1. The van der Waals surface area contributed by atoms with Gasteiger partial charge < -0.3 is 15.8 Å². The summed E-state index contributed by atoms with van der Waals surface area (Å²) in [5.41, 5.74) is 7.11. The minimum Gasteiger partial charge on any atom is -0.496 e. The number of methoxy groups -OCH3 is 1. The number of nitrogens with one attached hydrogen (secondary N) is 1. The molecule has 0 unspecified atom stereocenters. The molecular formula is C15H25BrN2O. The smallest absolute Gasteiger partial charge is 0.122 e.